The van der Waals surface area contributed by atoms with E-state index in [0.717, 1.165) is 29.9 Å². The molecule has 0 spiro atoms. The lowest BCUT2D eigenvalue weighted by Gasteiger charge is -2.18. The van der Waals surface area contributed by atoms with Crippen LogP contribution in [-0.2, 0) is 16.1 Å². The van der Waals surface area contributed by atoms with Crippen LogP contribution in [0.25, 0.3) is 0 Å². The maximum atomic E-state index is 13.3. The first kappa shape index (κ1) is 20.0. The van der Waals surface area contributed by atoms with E-state index in [1.807, 2.05) is 17.5 Å². The van der Waals surface area contributed by atoms with Gasteiger partial charge in [0.2, 0.25) is 11.1 Å². The Hall–Kier alpha value is -2.30. The summed E-state index contributed by atoms with van der Waals surface area (Å²) in [7, 11) is 0. The third kappa shape index (κ3) is 5.20. The first-order chi connectivity index (χ1) is 14.2. The molecule has 0 bridgehead atoms. The molecule has 1 aromatic carbocycles. The van der Waals surface area contributed by atoms with Crippen molar-refractivity contribution in [2.45, 2.75) is 36.7 Å². The van der Waals surface area contributed by atoms with Crippen molar-refractivity contribution in [3.63, 3.8) is 0 Å². The van der Waals surface area contributed by atoms with Crippen molar-refractivity contribution in [1.82, 2.24) is 25.5 Å². The van der Waals surface area contributed by atoms with Crippen molar-refractivity contribution >= 4 is 29.0 Å². The predicted molar refractivity (Wildman–Crippen MR) is 108 cm³/mol. The van der Waals surface area contributed by atoms with E-state index >= 15 is 0 Å². The molecule has 10 heteroatoms. The Morgan fingerprint density at radius 2 is 2.24 bits per heavy atom. The molecule has 152 valence electrons. The van der Waals surface area contributed by atoms with Gasteiger partial charge in [0.15, 0.2) is 0 Å². The number of aromatic nitrogens is 4. The van der Waals surface area contributed by atoms with Crippen molar-refractivity contribution in [2.75, 3.05) is 12.4 Å². The number of hydrogen-bond acceptors (Lipinski definition) is 7. The van der Waals surface area contributed by atoms with Crippen molar-refractivity contribution < 1.29 is 13.9 Å². The van der Waals surface area contributed by atoms with E-state index in [4.69, 9.17) is 4.74 Å². The van der Waals surface area contributed by atoms with Gasteiger partial charge >= 0.3 is 0 Å². The van der Waals surface area contributed by atoms with Crippen LogP contribution in [0.5, 0.6) is 0 Å². The molecule has 1 amide bonds. The van der Waals surface area contributed by atoms with Gasteiger partial charge in [-0.05, 0) is 52.4 Å². The first-order valence-electron chi connectivity index (χ1n) is 9.28. The van der Waals surface area contributed by atoms with Gasteiger partial charge in [-0.15, -0.1) is 16.4 Å². The normalized spacial score (nSPS) is 17.3. The second-order valence-corrected chi connectivity index (χ2v) is 8.56. The Bertz CT molecular complexity index is 926. The van der Waals surface area contributed by atoms with E-state index < -0.39 is 0 Å². The van der Waals surface area contributed by atoms with E-state index in [-0.39, 0.29) is 29.6 Å². The van der Waals surface area contributed by atoms with E-state index in [2.05, 4.69) is 20.8 Å². The van der Waals surface area contributed by atoms with Crippen LogP contribution in [0.3, 0.4) is 0 Å². The second kappa shape index (κ2) is 9.47. The number of halogens is 1. The van der Waals surface area contributed by atoms with E-state index in [1.165, 1.54) is 23.9 Å². The van der Waals surface area contributed by atoms with Gasteiger partial charge < -0.3 is 10.1 Å². The summed E-state index contributed by atoms with van der Waals surface area (Å²) in [6.07, 6.45) is 2.16. The molecule has 1 N–H and O–H groups in total. The Labute approximate surface area is 175 Å². The highest BCUT2D eigenvalue weighted by Gasteiger charge is 2.21. The van der Waals surface area contributed by atoms with E-state index in [9.17, 15) is 9.18 Å². The second-order valence-electron chi connectivity index (χ2n) is 6.63. The number of rotatable bonds is 8. The van der Waals surface area contributed by atoms with Gasteiger partial charge in [0.1, 0.15) is 5.82 Å². The van der Waals surface area contributed by atoms with Gasteiger partial charge in [0.05, 0.1) is 24.4 Å². The van der Waals surface area contributed by atoms with E-state index in [0.29, 0.717) is 11.7 Å². The molecule has 3 heterocycles. The summed E-state index contributed by atoms with van der Waals surface area (Å²) in [5, 5.41) is 17.3. The summed E-state index contributed by atoms with van der Waals surface area (Å²) in [5.41, 5.74) is 0.829. The Kier molecular flexibility index (Phi) is 6.53. The number of hydrogen-bond donors (Lipinski definition) is 1. The van der Waals surface area contributed by atoms with Crippen LogP contribution in [0.15, 0.2) is 46.9 Å². The molecule has 3 aromatic rings. The number of thiophene rings is 1. The van der Waals surface area contributed by atoms with Crippen molar-refractivity contribution in [3.8, 4) is 0 Å². The zero-order valence-corrected chi connectivity index (χ0v) is 17.2. The van der Waals surface area contributed by atoms with Gasteiger partial charge in [-0.2, -0.15) is 0 Å². The third-order valence-electron chi connectivity index (χ3n) is 4.57. The summed E-state index contributed by atoms with van der Waals surface area (Å²) in [4.78, 5) is 13.6. The fraction of sp³-hybridized carbons (Fsp3) is 0.368. The maximum Gasteiger partial charge on any atom is 0.231 e. The number of tetrazole rings is 1. The standard InChI is InChI=1S/C19H20FN5O2S2/c20-14-7-5-13(6-8-14)18(16-4-2-10-28-16)21-17(26)12-29-19-22-23-24-25(19)11-15-3-1-9-27-15/h2,4-8,10,15,18H,1,3,9,11-12H2,(H,21,26)/t15-,18-/m0/s1. The number of thioether (sulfide) groups is 1. The number of ether oxygens (including phenoxy) is 1. The fourth-order valence-corrected chi connectivity index (χ4v) is 4.66. The van der Waals surface area contributed by atoms with Crippen LogP contribution in [0.4, 0.5) is 4.39 Å². The molecule has 1 saturated heterocycles. The molecule has 2 aromatic heterocycles. The summed E-state index contributed by atoms with van der Waals surface area (Å²) < 4.78 is 20.6. The fourth-order valence-electron chi connectivity index (χ4n) is 3.16. The minimum atomic E-state index is -0.327. The highest BCUT2D eigenvalue weighted by Crippen LogP contribution is 2.27. The minimum absolute atomic E-state index is 0.119. The number of nitrogens with one attached hydrogen (secondary N) is 1. The summed E-state index contributed by atoms with van der Waals surface area (Å²) in [5.74, 6) is -0.280. The van der Waals surface area contributed by atoms with Crippen molar-refractivity contribution in [3.05, 3.63) is 58.0 Å². The Morgan fingerprint density at radius 1 is 1.38 bits per heavy atom. The molecule has 0 unspecified atom stereocenters. The lowest BCUT2D eigenvalue weighted by atomic mass is 10.1. The van der Waals surface area contributed by atoms with Crippen LogP contribution >= 0.6 is 23.1 Å². The van der Waals surface area contributed by atoms with Crippen molar-refractivity contribution in [1.29, 1.82) is 0 Å². The smallest absolute Gasteiger partial charge is 0.231 e. The molecule has 1 aliphatic heterocycles. The highest BCUT2D eigenvalue weighted by molar-refractivity contribution is 7.99. The molecule has 2 atom stereocenters. The van der Waals surface area contributed by atoms with Gasteiger partial charge in [-0.25, -0.2) is 9.07 Å². The largest absolute Gasteiger partial charge is 0.376 e. The van der Waals surface area contributed by atoms with Crippen LogP contribution in [0.2, 0.25) is 0 Å². The topological polar surface area (TPSA) is 81.9 Å². The zero-order valence-electron chi connectivity index (χ0n) is 15.5. The zero-order chi connectivity index (χ0) is 20.1. The average molecular weight is 434 g/mol. The van der Waals surface area contributed by atoms with Crippen LogP contribution < -0.4 is 5.32 Å². The molecule has 0 saturated carbocycles. The van der Waals surface area contributed by atoms with E-state index in [1.54, 1.807) is 28.2 Å². The predicted octanol–water partition coefficient (Wildman–Crippen LogP) is 3.05. The van der Waals surface area contributed by atoms with Crippen LogP contribution in [-0.4, -0.2) is 44.6 Å². The molecule has 0 radical (unpaired) electrons. The minimum Gasteiger partial charge on any atom is -0.376 e. The number of amides is 1. The molecule has 1 fully saturated rings. The number of nitrogens with zero attached hydrogens (tertiary/aromatic N) is 4. The molecular formula is C19H20FN5O2S2. The van der Waals surface area contributed by atoms with Crippen LogP contribution in [0, 0.1) is 5.82 Å². The molecular weight excluding hydrogens is 413 g/mol. The SMILES string of the molecule is O=C(CSc1nnnn1C[C@@H]1CCCO1)N[C@@H](c1ccc(F)cc1)c1cccs1. The maximum absolute atomic E-state index is 13.3. The van der Waals surface area contributed by atoms with Gasteiger partial charge in [0.25, 0.3) is 0 Å². The summed E-state index contributed by atoms with van der Waals surface area (Å²) in [6, 6.07) is 9.73. The lowest BCUT2D eigenvalue weighted by Crippen LogP contribution is -2.30. The first-order valence-corrected chi connectivity index (χ1v) is 11.1. The average Bonchev–Trinajstić information content (AvgIpc) is 3.49. The van der Waals surface area contributed by atoms with Gasteiger partial charge in [-0.1, -0.05) is 30.0 Å². The van der Waals surface area contributed by atoms with Crippen molar-refractivity contribution in [2.24, 2.45) is 0 Å². The molecule has 0 aliphatic carbocycles. The Balaban J connectivity index is 1.39. The number of carbonyl (C=O) groups excluding carboxylic acids is 1. The lowest BCUT2D eigenvalue weighted by molar-refractivity contribution is -0.119. The molecule has 4 rings (SSSR count). The summed E-state index contributed by atoms with van der Waals surface area (Å²) >= 11 is 2.83. The quantitative estimate of drug-likeness (QED) is 0.550. The number of benzene rings is 1. The Morgan fingerprint density at radius 3 is 2.97 bits per heavy atom. The van der Waals surface area contributed by atoms with Crippen LogP contribution in [0.1, 0.15) is 29.3 Å². The third-order valence-corrected chi connectivity index (χ3v) is 6.46. The molecule has 1 aliphatic rings. The molecule has 29 heavy (non-hydrogen) atoms. The monoisotopic (exact) mass is 433 g/mol. The molecule has 7 nitrogen and oxygen atoms in total. The number of carbonyl (C=O) groups is 1. The highest BCUT2D eigenvalue weighted by atomic mass is 32.2. The van der Waals surface area contributed by atoms with Gasteiger partial charge in [0, 0.05) is 11.5 Å². The summed E-state index contributed by atoms with van der Waals surface area (Å²) in [6.45, 7) is 1.36. The van der Waals surface area contributed by atoms with Gasteiger partial charge in [-0.3, -0.25) is 4.79 Å².